The number of rotatable bonds is 3. The highest BCUT2D eigenvalue weighted by Gasteiger charge is 2.40. The number of hydrogen-bond acceptors (Lipinski definition) is 4. The first-order chi connectivity index (χ1) is 16.3. The number of fused-ring (bicyclic) bond motifs is 2. The molecule has 1 aliphatic carbocycles. The molecule has 1 heterocycles. The van der Waals surface area contributed by atoms with Crippen molar-refractivity contribution in [3.8, 4) is 5.75 Å². The second kappa shape index (κ2) is 10.4. The number of amides is 1. The van der Waals surface area contributed by atoms with E-state index in [0.717, 1.165) is 25.0 Å². The third kappa shape index (κ3) is 4.95. The molecule has 2 aliphatic rings. The van der Waals surface area contributed by atoms with Gasteiger partial charge in [-0.25, -0.2) is 17.2 Å². The molecule has 0 unspecified atom stereocenters. The summed E-state index contributed by atoms with van der Waals surface area (Å²) in [6.07, 6.45) is 3.45. The molecule has 9 heteroatoms. The van der Waals surface area contributed by atoms with Crippen molar-refractivity contribution in [2.75, 3.05) is 19.6 Å². The number of hydrogen-bond donors (Lipinski definition) is 0. The summed E-state index contributed by atoms with van der Waals surface area (Å²) >= 11 is 0. The molecule has 0 N–H and O–H groups in total. The van der Waals surface area contributed by atoms with E-state index in [0.29, 0.717) is 56.2 Å². The van der Waals surface area contributed by atoms with Crippen LogP contribution in [0.15, 0.2) is 47.4 Å². The lowest BCUT2D eigenvalue weighted by Crippen LogP contribution is -2.51. The Balaban J connectivity index is 1.76. The quantitative estimate of drug-likeness (QED) is 0.628. The summed E-state index contributed by atoms with van der Waals surface area (Å²) in [7, 11) is -4.24. The van der Waals surface area contributed by atoms with E-state index in [1.807, 2.05) is 6.92 Å². The van der Waals surface area contributed by atoms with E-state index in [-0.39, 0.29) is 12.5 Å². The van der Waals surface area contributed by atoms with Crippen molar-refractivity contribution in [3.63, 3.8) is 0 Å². The molecule has 1 saturated carbocycles. The molecule has 1 aliphatic heterocycles. The van der Waals surface area contributed by atoms with Gasteiger partial charge >= 0.3 is 0 Å². The summed E-state index contributed by atoms with van der Waals surface area (Å²) in [6, 6.07) is 9.06. The van der Waals surface area contributed by atoms with E-state index >= 15 is 0 Å². The number of halogens is 2. The van der Waals surface area contributed by atoms with E-state index in [2.05, 4.69) is 0 Å². The molecule has 6 nitrogen and oxygen atoms in total. The van der Waals surface area contributed by atoms with Gasteiger partial charge in [0.25, 0.3) is 5.91 Å². The zero-order chi connectivity index (χ0) is 24.3. The molecule has 0 spiro atoms. The largest absolute Gasteiger partial charge is 0.488 e. The second-order valence-corrected chi connectivity index (χ2v) is 10.6. The van der Waals surface area contributed by atoms with Crippen LogP contribution in [0.4, 0.5) is 8.78 Å². The van der Waals surface area contributed by atoms with E-state index in [1.165, 1.54) is 4.31 Å². The Bertz CT molecular complexity index is 1140. The molecule has 2 aromatic carbocycles. The molecule has 184 valence electrons. The van der Waals surface area contributed by atoms with Gasteiger partial charge < -0.3 is 9.64 Å². The van der Waals surface area contributed by atoms with E-state index < -0.39 is 38.7 Å². The number of ether oxygens (including phenoxy) is 1. The maximum Gasteiger partial charge on any atom is 0.257 e. The number of carbonyl (C=O) groups is 1. The van der Waals surface area contributed by atoms with E-state index in [4.69, 9.17) is 4.74 Å². The summed E-state index contributed by atoms with van der Waals surface area (Å²) in [6.45, 7) is 3.05. The van der Waals surface area contributed by atoms with Gasteiger partial charge in [-0.3, -0.25) is 4.79 Å². The summed E-state index contributed by atoms with van der Waals surface area (Å²) in [5.41, 5.74) is 0.452. The molecule has 2 aromatic rings. The average molecular weight is 493 g/mol. The Morgan fingerprint density at radius 2 is 1.74 bits per heavy atom. The highest BCUT2D eigenvalue weighted by Crippen LogP contribution is 2.34. The maximum atomic E-state index is 14.6. The summed E-state index contributed by atoms with van der Waals surface area (Å²) < 4.78 is 63.1. The van der Waals surface area contributed by atoms with Gasteiger partial charge in [0.05, 0.1) is 11.6 Å². The Hall–Kier alpha value is -2.52. The van der Waals surface area contributed by atoms with Crippen LogP contribution in [0, 0.1) is 11.6 Å². The van der Waals surface area contributed by atoms with Crippen LogP contribution in [0.5, 0.6) is 5.75 Å². The van der Waals surface area contributed by atoms with Crippen molar-refractivity contribution in [2.24, 2.45) is 0 Å². The molecule has 4 rings (SSSR count). The first-order valence-corrected chi connectivity index (χ1v) is 13.3. The number of sulfonamides is 1. The third-order valence-corrected chi connectivity index (χ3v) is 8.60. The van der Waals surface area contributed by atoms with Crippen molar-refractivity contribution in [3.05, 3.63) is 59.7 Å². The second-order valence-electron chi connectivity index (χ2n) is 8.79. The van der Waals surface area contributed by atoms with Crippen LogP contribution in [0.1, 0.15) is 55.8 Å². The fourth-order valence-corrected chi connectivity index (χ4v) is 6.64. The minimum absolute atomic E-state index is 0.108. The fraction of sp³-hybridized carbons (Fsp3) is 0.480. The first-order valence-electron chi connectivity index (χ1n) is 11.8. The van der Waals surface area contributed by atoms with Crippen LogP contribution in [0.3, 0.4) is 0 Å². The van der Waals surface area contributed by atoms with Crippen LogP contribution in [0.25, 0.3) is 0 Å². The third-order valence-electron chi connectivity index (χ3n) is 6.64. The van der Waals surface area contributed by atoms with Gasteiger partial charge in [-0.05, 0) is 63.3 Å². The number of para-hydroxylation sites is 1. The molecule has 1 amide bonds. The van der Waals surface area contributed by atoms with Crippen LogP contribution in [-0.2, 0) is 10.0 Å². The average Bonchev–Trinajstić information content (AvgIpc) is 2.81. The number of nitrogens with zero attached hydrogens (tertiary/aromatic N) is 2. The zero-order valence-electron chi connectivity index (χ0n) is 19.3. The van der Waals surface area contributed by atoms with Crippen LogP contribution in [0.2, 0.25) is 0 Å². The summed E-state index contributed by atoms with van der Waals surface area (Å²) in [4.78, 5) is 14.4. The molecular weight excluding hydrogens is 462 g/mol. The Morgan fingerprint density at radius 3 is 2.50 bits per heavy atom. The molecule has 0 radical (unpaired) electrons. The van der Waals surface area contributed by atoms with Crippen molar-refractivity contribution in [2.45, 2.75) is 62.5 Å². The Kier molecular flexibility index (Phi) is 7.52. The number of carbonyl (C=O) groups excluding carboxylic acids is 1. The predicted molar refractivity (Wildman–Crippen MR) is 124 cm³/mol. The minimum atomic E-state index is -4.24. The molecule has 2 atom stereocenters. The summed E-state index contributed by atoms with van der Waals surface area (Å²) in [5.74, 6) is -1.62. The topological polar surface area (TPSA) is 66.9 Å². The normalized spacial score (nSPS) is 22.7. The monoisotopic (exact) mass is 492 g/mol. The smallest absolute Gasteiger partial charge is 0.257 e. The van der Waals surface area contributed by atoms with Gasteiger partial charge in [-0.15, -0.1) is 0 Å². The standard InChI is InChI=1S/C25H30F2N2O4S/c1-2-28-15-7-8-16-29(34(31,32)24-14-13-18(26)17-20(24)27)21-10-4-6-12-23(21)33-22-11-5-3-9-19(22)25(28)30/h3,5,9,11,13-14,17,21,23H,2,4,6-8,10,12,15-16H2,1H3/t21-,23+/m1/s1. The van der Waals surface area contributed by atoms with Gasteiger partial charge in [0.15, 0.2) is 0 Å². The van der Waals surface area contributed by atoms with Gasteiger partial charge in [0.2, 0.25) is 10.0 Å². The SMILES string of the molecule is CCN1CCCCN(S(=O)(=O)c2ccc(F)cc2F)[C@@H]2CCCC[C@@H]2Oc2ccccc2C1=O. The molecule has 34 heavy (non-hydrogen) atoms. The van der Waals surface area contributed by atoms with Crippen molar-refractivity contribution < 1.29 is 26.7 Å². The van der Waals surface area contributed by atoms with E-state index in [1.54, 1.807) is 29.2 Å². The van der Waals surface area contributed by atoms with Gasteiger partial charge in [-0.1, -0.05) is 18.6 Å². The van der Waals surface area contributed by atoms with Gasteiger partial charge in [-0.2, -0.15) is 4.31 Å². The summed E-state index contributed by atoms with van der Waals surface area (Å²) in [5, 5.41) is 0. The molecule has 1 fully saturated rings. The highest BCUT2D eigenvalue weighted by atomic mass is 32.2. The highest BCUT2D eigenvalue weighted by molar-refractivity contribution is 7.89. The lowest BCUT2D eigenvalue weighted by molar-refractivity contribution is 0.0641. The van der Waals surface area contributed by atoms with Crippen molar-refractivity contribution in [1.82, 2.24) is 9.21 Å². The molecule has 0 bridgehead atoms. The van der Waals surface area contributed by atoms with Crippen molar-refractivity contribution in [1.29, 1.82) is 0 Å². The number of benzene rings is 2. The minimum Gasteiger partial charge on any atom is -0.488 e. The van der Waals surface area contributed by atoms with Gasteiger partial charge in [0.1, 0.15) is 28.4 Å². The zero-order valence-corrected chi connectivity index (χ0v) is 20.1. The molecule has 0 saturated heterocycles. The van der Waals surface area contributed by atoms with Crippen molar-refractivity contribution >= 4 is 15.9 Å². The fourth-order valence-electron chi connectivity index (χ4n) is 4.87. The first kappa shape index (κ1) is 24.6. The predicted octanol–water partition coefficient (Wildman–Crippen LogP) is 4.60. The molecule has 0 aromatic heterocycles. The molecular formula is C25H30F2N2O4S. The lowest BCUT2D eigenvalue weighted by Gasteiger charge is -2.40. The van der Waals surface area contributed by atoms with Crippen LogP contribution >= 0.6 is 0 Å². The van der Waals surface area contributed by atoms with Crippen LogP contribution in [-0.4, -0.2) is 55.3 Å². The van der Waals surface area contributed by atoms with E-state index in [9.17, 15) is 22.0 Å². The Morgan fingerprint density at radius 1 is 1.00 bits per heavy atom. The van der Waals surface area contributed by atoms with Crippen LogP contribution < -0.4 is 4.74 Å². The Labute approximate surface area is 199 Å². The lowest BCUT2D eigenvalue weighted by atomic mass is 9.92. The maximum absolute atomic E-state index is 14.6. The van der Waals surface area contributed by atoms with Gasteiger partial charge in [0, 0.05) is 25.7 Å².